The highest BCUT2D eigenvalue weighted by molar-refractivity contribution is 7.08. The van der Waals surface area contributed by atoms with Gasteiger partial charge in [0, 0.05) is 23.1 Å². The maximum Gasteiger partial charge on any atom is 0.241 e. The predicted octanol–water partition coefficient (Wildman–Crippen LogP) is 3.75. The van der Waals surface area contributed by atoms with Gasteiger partial charge in [-0.15, -0.1) is 0 Å². The van der Waals surface area contributed by atoms with Crippen molar-refractivity contribution in [2.24, 2.45) is 0 Å². The Morgan fingerprint density at radius 2 is 2.13 bits per heavy atom. The van der Waals surface area contributed by atoms with Gasteiger partial charge in [0.2, 0.25) is 11.7 Å². The average Bonchev–Trinajstić information content (AvgIpc) is 3.18. The van der Waals surface area contributed by atoms with Gasteiger partial charge in [0.15, 0.2) is 0 Å². The van der Waals surface area contributed by atoms with Crippen LogP contribution < -0.4 is 4.74 Å². The van der Waals surface area contributed by atoms with Gasteiger partial charge in [-0.05, 0) is 31.5 Å². The third-order valence-electron chi connectivity index (χ3n) is 3.53. The predicted molar refractivity (Wildman–Crippen MR) is 90.5 cm³/mol. The highest BCUT2D eigenvalue weighted by Crippen LogP contribution is 2.22. The Balaban J connectivity index is 1.68. The van der Waals surface area contributed by atoms with Crippen molar-refractivity contribution >= 4 is 11.3 Å². The molecule has 0 fully saturated rings. The summed E-state index contributed by atoms with van der Waals surface area (Å²) in [6.07, 6.45) is 0. The van der Waals surface area contributed by atoms with Crippen molar-refractivity contribution in [1.82, 2.24) is 15.0 Å². The molecule has 0 aliphatic heterocycles. The summed E-state index contributed by atoms with van der Waals surface area (Å²) < 4.78 is 10.8. The highest BCUT2D eigenvalue weighted by atomic mass is 32.1. The summed E-state index contributed by atoms with van der Waals surface area (Å²) in [5.74, 6) is 2.15. The van der Waals surface area contributed by atoms with Crippen molar-refractivity contribution in [3.63, 3.8) is 0 Å². The number of rotatable bonds is 6. The number of aromatic nitrogens is 2. The smallest absolute Gasteiger partial charge is 0.241 e. The molecule has 0 saturated carbocycles. The van der Waals surface area contributed by atoms with E-state index in [4.69, 9.17) is 9.26 Å². The van der Waals surface area contributed by atoms with E-state index in [1.165, 1.54) is 5.56 Å². The molecule has 3 rings (SSSR count). The molecule has 0 N–H and O–H groups in total. The quantitative estimate of drug-likeness (QED) is 0.689. The molecule has 6 heteroatoms. The van der Waals surface area contributed by atoms with E-state index < -0.39 is 0 Å². The molecule has 5 nitrogen and oxygen atoms in total. The van der Waals surface area contributed by atoms with Crippen LogP contribution in [0.3, 0.4) is 0 Å². The molecule has 0 radical (unpaired) electrons. The lowest BCUT2D eigenvalue weighted by molar-refractivity contribution is 0.257. The zero-order valence-electron chi connectivity index (χ0n) is 13.4. The van der Waals surface area contributed by atoms with Crippen molar-refractivity contribution in [2.75, 3.05) is 14.2 Å². The molecule has 3 aromatic rings. The number of hydrogen-bond acceptors (Lipinski definition) is 6. The molecule has 0 bridgehead atoms. The molecular formula is C17H19N3O2S. The number of nitrogens with zero attached hydrogens (tertiary/aromatic N) is 3. The van der Waals surface area contributed by atoms with Gasteiger partial charge in [0.25, 0.3) is 0 Å². The summed E-state index contributed by atoms with van der Waals surface area (Å²) in [6, 6.07) is 8.17. The number of methoxy groups -OCH3 is 1. The third-order valence-corrected chi connectivity index (χ3v) is 4.21. The van der Waals surface area contributed by atoms with Crippen LogP contribution in [0.15, 0.2) is 39.5 Å². The van der Waals surface area contributed by atoms with Crippen LogP contribution in [0.5, 0.6) is 5.75 Å². The molecule has 23 heavy (non-hydrogen) atoms. The fraction of sp³-hybridized carbons (Fsp3) is 0.294. The van der Waals surface area contributed by atoms with Crippen LogP contribution in [0.25, 0.3) is 11.4 Å². The normalized spacial score (nSPS) is 11.1. The molecule has 0 saturated heterocycles. The van der Waals surface area contributed by atoms with E-state index in [1.54, 1.807) is 18.4 Å². The monoisotopic (exact) mass is 329 g/mol. The van der Waals surface area contributed by atoms with Gasteiger partial charge in [-0.3, -0.25) is 4.90 Å². The number of benzene rings is 1. The maximum absolute atomic E-state index is 5.43. The van der Waals surface area contributed by atoms with E-state index in [9.17, 15) is 0 Å². The second-order valence-electron chi connectivity index (χ2n) is 5.51. The molecule has 0 atom stereocenters. The largest absolute Gasteiger partial charge is 0.496 e. The lowest BCUT2D eigenvalue weighted by Gasteiger charge is -2.17. The van der Waals surface area contributed by atoms with E-state index in [-0.39, 0.29) is 0 Å². The SMILES string of the molecule is COc1ccc(C)cc1CN(C)Cc1nc(-c2ccsc2)no1. The summed E-state index contributed by atoms with van der Waals surface area (Å²) in [6.45, 7) is 3.42. The first-order valence-corrected chi connectivity index (χ1v) is 8.27. The minimum absolute atomic E-state index is 0.592. The van der Waals surface area contributed by atoms with Gasteiger partial charge >= 0.3 is 0 Å². The zero-order valence-corrected chi connectivity index (χ0v) is 14.3. The van der Waals surface area contributed by atoms with E-state index in [1.807, 2.05) is 36.0 Å². The number of aryl methyl sites for hydroxylation is 1. The first-order chi connectivity index (χ1) is 11.2. The average molecular weight is 329 g/mol. The Morgan fingerprint density at radius 3 is 2.87 bits per heavy atom. The minimum atomic E-state index is 0.592. The molecule has 0 aliphatic carbocycles. The van der Waals surface area contributed by atoms with Gasteiger partial charge in [-0.25, -0.2) is 0 Å². The van der Waals surface area contributed by atoms with Crippen molar-refractivity contribution in [3.05, 3.63) is 52.0 Å². The molecule has 120 valence electrons. The summed E-state index contributed by atoms with van der Waals surface area (Å²) in [5.41, 5.74) is 3.35. The van der Waals surface area contributed by atoms with Crippen LogP contribution in [0.1, 0.15) is 17.0 Å². The number of ether oxygens (including phenoxy) is 1. The molecular weight excluding hydrogens is 310 g/mol. The van der Waals surface area contributed by atoms with E-state index in [2.05, 4.69) is 28.0 Å². The summed E-state index contributed by atoms with van der Waals surface area (Å²) in [7, 11) is 3.72. The lowest BCUT2D eigenvalue weighted by Crippen LogP contribution is -2.18. The molecule has 0 spiro atoms. The lowest BCUT2D eigenvalue weighted by atomic mass is 10.1. The van der Waals surface area contributed by atoms with E-state index in [0.29, 0.717) is 18.3 Å². The molecule has 0 unspecified atom stereocenters. The summed E-state index contributed by atoms with van der Waals surface area (Å²) in [5, 5.41) is 8.05. The third kappa shape index (κ3) is 3.78. The van der Waals surface area contributed by atoms with E-state index >= 15 is 0 Å². The van der Waals surface area contributed by atoms with E-state index in [0.717, 1.165) is 23.4 Å². The van der Waals surface area contributed by atoms with Crippen LogP contribution in [0, 0.1) is 6.92 Å². The van der Waals surface area contributed by atoms with Gasteiger partial charge in [-0.2, -0.15) is 16.3 Å². The van der Waals surface area contributed by atoms with Gasteiger partial charge in [0.1, 0.15) is 5.75 Å². The highest BCUT2D eigenvalue weighted by Gasteiger charge is 2.13. The molecule has 1 aromatic carbocycles. The Morgan fingerprint density at radius 1 is 1.26 bits per heavy atom. The zero-order chi connectivity index (χ0) is 16.2. The summed E-state index contributed by atoms with van der Waals surface area (Å²) >= 11 is 1.62. The fourth-order valence-electron chi connectivity index (χ4n) is 2.44. The Bertz CT molecular complexity index is 768. The van der Waals surface area contributed by atoms with Gasteiger partial charge < -0.3 is 9.26 Å². The topological polar surface area (TPSA) is 51.4 Å². The standard InChI is InChI=1S/C17H19N3O2S/c1-12-4-5-15(21-3)14(8-12)9-20(2)10-16-18-17(19-22-16)13-6-7-23-11-13/h4-8,11H,9-10H2,1-3H3. The van der Waals surface area contributed by atoms with Crippen LogP contribution in [0.4, 0.5) is 0 Å². The van der Waals surface area contributed by atoms with Crippen molar-refractivity contribution in [3.8, 4) is 17.1 Å². The van der Waals surface area contributed by atoms with Crippen molar-refractivity contribution < 1.29 is 9.26 Å². The second kappa shape index (κ2) is 6.93. The van der Waals surface area contributed by atoms with Crippen molar-refractivity contribution in [1.29, 1.82) is 0 Å². The molecule has 2 aromatic heterocycles. The number of thiophene rings is 1. The first-order valence-electron chi connectivity index (χ1n) is 7.33. The van der Waals surface area contributed by atoms with Crippen LogP contribution in [-0.2, 0) is 13.1 Å². The van der Waals surface area contributed by atoms with Crippen LogP contribution >= 0.6 is 11.3 Å². The van der Waals surface area contributed by atoms with Crippen LogP contribution in [-0.4, -0.2) is 29.2 Å². The molecule has 0 aliphatic rings. The molecule has 2 heterocycles. The second-order valence-corrected chi connectivity index (χ2v) is 6.29. The Kier molecular flexibility index (Phi) is 4.73. The van der Waals surface area contributed by atoms with Crippen LogP contribution in [0.2, 0.25) is 0 Å². The minimum Gasteiger partial charge on any atom is -0.496 e. The number of hydrogen-bond donors (Lipinski definition) is 0. The van der Waals surface area contributed by atoms with Gasteiger partial charge in [0.05, 0.1) is 13.7 Å². The van der Waals surface area contributed by atoms with Crippen molar-refractivity contribution in [2.45, 2.75) is 20.0 Å². The Hall–Kier alpha value is -2.18. The first kappa shape index (κ1) is 15.7. The maximum atomic E-state index is 5.43. The van der Waals surface area contributed by atoms with Gasteiger partial charge in [-0.1, -0.05) is 22.9 Å². The Labute approximate surface area is 139 Å². The fourth-order valence-corrected chi connectivity index (χ4v) is 3.07. The summed E-state index contributed by atoms with van der Waals surface area (Å²) in [4.78, 5) is 6.58. The molecule has 0 amide bonds.